The first-order chi connectivity index (χ1) is 12.8. The number of carbonyl (C=O) groups excluding carboxylic acids is 1. The van der Waals surface area contributed by atoms with Gasteiger partial charge in [-0.3, -0.25) is 4.79 Å². The Morgan fingerprint density at radius 1 is 1.26 bits per heavy atom. The lowest BCUT2D eigenvalue weighted by molar-refractivity contribution is -0.145. The normalized spacial score (nSPS) is 16.9. The lowest BCUT2D eigenvalue weighted by Gasteiger charge is -2.16. The minimum Gasteiger partial charge on any atom is -0.310 e. The molecule has 1 aliphatic heterocycles. The Labute approximate surface area is 151 Å². The lowest BCUT2D eigenvalue weighted by atomic mass is 10.0. The Morgan fingerprint density at radius 3 is 2.56 bits per heavy atom. The maximum absolute atomic E-state index is 14.8. The number of amides is 1. The summed E-state index contributed by atoms with van der Waals surface area (Å²) in [7, 11) is 0. The van der Waals surface area contributed by atoms with Gasteiger partial charge in [-0.25, -0.2) is 14.4 Å². The molecule has 1 aromatic carbocycles. The van der Waals surface area contributed by atoms with E-state index in [1.54, 1.807) is 18.2 Å². The SMILES string of the molecule is N#CN1CC[C@@H](c2nc(C(F)(F)F)nc(NC(=O)c3ccccc3)c2F)C1. The van der Waals surface area contributed by atoms with Crippen molar-refractivity contribution in [3.63, 3.8) is 0 Å². The summed E-state index contributed by atoms with van der Waals surface area (Å²) in [6.45, 7) is 0.339. The third-order valence-electron chi connectivity index (χ3n) is 4.11. The predicted octanol–water partition coefficient (Wildman–Crippen LogP) is 3.16. The van der Waals surface area contributed by atoms with Crippen molar-refractivity contribution in [2.24, 2.45) is 0 Å². The molecular weight excluding hydrogens is 366 g/mol. The summed E-state index contributed by atoms with van der Waals surface area (Å²) in [5, 5.41) is 11.0. The molecule has 6 nitrogen and oxygen atoms in total. The number of hydrogen-bond acceptors (Lipinski definition) is 5. The van der Waals surface area contributed by atoms with Crippen molar-refractivity contribution in [2.45, 2.75) is 18.5 Å². The number of benzene rings is 1. The van der Waals surface area contributed by atoms with Gasteiger partial charge in [0.2, 0.25) is 5.82 Å². The van der Waals surface area contributed by atoms with Crippen LogP contribution in [0.2, 0.25) is 0 Å². The van der Waals surface area contributed by atoms with Crippen molar-refractivity contribution in [2.75, 3.05) is 18.4 Å². The van der Waals surface area contributed by atoms with E-state index in [1.807, 2.05) is 6.19 Å². The van der Waals surface area contributed by atoms with E-state index in [-0.39, 0.29) is 25.1 Å². The van der Waals surface area contributed by atoms with Crippen molar-refractivity contribution < 1.29 is 22.4 Å². The molecule has 2 heterocycles. The number of carbonyl (C=O) groups is 1. The Morgan fingerprint density at radius 2 is 1.96 bits per heavy atom. The number of anilines is 1. The number of nitrogens with one attached hydrogen (secondary N) is 1. The number of rotatable bonds is 3. The molecule has 1 aliphatic rings. The number of aromatic nitrogens is 2. The summed E-state index contributed by atoms with van der Waals surface area (Å²) in [5.74, 6) is -5.01. The van der Waals surface area contributed by atoms with Crippen LogP contribution < -0.4 is 5.32 Å². The zero-order valence-electron chi connectivity index (χ0n) is 13.8. The van der Waals surface area contributed by atoms with E-state index in [0.29, 0.717) is 0 Å². The Bertz CT molecular complexity index is 895. The number of nitriles is 1. The van der Waals surface area contributed by atoms with Crippen LogP contribution in [-0.2, 0) is 6.18 Å². The van der Waals surface area contributed by atoms with Crippen LogP contribution in [0.5, 0.6) is 0 Å². The fourth-order valence-corrected chi connectivity index (χ4v) is 2.79. The van der Waals surface area contributed by atoms with Gasteiger partial charge in [0, 0.05) is 24.6 Å². The van der Waals surface area contributed by atoms with E-state index < -0.39 is 41.2 Å². The standard InChI is InChI=1S/C17H13F4N5O/c18-12-13(11-6-7-26(8-11)9-22)23-16(17(19,20)21)25-14(12)24-15(27)10-4-2-1-3-5-10/h1-5,11H,6-8H2,(H,23,24,25,27)/t11-/m1/s1. The molecule has 140 valence electrons. The van der Waals surface area contributed by atoms with E-state index in [1.165, 1.54) is 17.0 Å². The fourth-order valence-electron chi connectivity index (χ4n) is 2.79. The molecule has 0 aliphatic carbocycles. The minimum absolute atomic E-state index is 0.0494. The van der Waals surface area contributed by atoms with E-state index >= 15 is 0 Å². The van der Waals surface area contributed by atoms with Crippen LogP contribution in [0.15, 0.2) is 30.3 Å². The van der Waals surface area contributed by atoms with E-state index in [4.69, 9.17) is 5.26 Å². The maximum atomic E-state index is 14.8. The van der Waals surface area contributed by atoms with Gasteiger partial charge in [0.15, 0.2) is 17.8 Å². The molecule has 1 N–H and O–H groups in total. The van der Waals surface area contributed by atoms with Gasteiger partial charge in [0.25, 0.3) is 5.91 Å². The van der Waals surface area contributed by atoms with Crippen LogP contribution in [0, 0.1) is 17.3 Å². The number of likely N-dealkylation sites (tertiary alicyclic amines) is 1. The van der Waals surface area contributed by atoms with Crippen LogP contribution in [0.25, 0.3) is 0 Å². The molecule has 0 bridgehead atoms. The minimum atomic E-state index is -4.91. The zero-order chi connectivity index (χ0) is 19.6. The van der Waals surface area contributed by atoms with Gasteiger partial charge < -0.3 is 10.2 Å². The topological polar surface area (TPSA) is 81.9 Å². The number of alkyl halides is 3. The summed E-state index contributed by atoms with van der Waals surface area (Å²) in [6, 6.07) is 7.64. The molecule has 3 rings (SSSR count). The first-order valence-electron chi connectivity index (χ1n) is 7.95. The molecule has 1 atom stereocenters. The molecule has 2 aromatic rings. The second-order valence-electron chi connectivity index (χ2n) is 5.94. The average molecular weight is 379 g/mol. The van der Waals surface area contributed by atoms with Crippen LogP contribution >= 0.6 is 0 Å². The van der Waals surface area contributed by atoms with Crippen LogP contribution in [0.1, 0.15) is 34.2 Å². The zero-order valence-corrected chi connectivity index (χ0v) is 13.8. The Balaban J connectivity index is 1.99. The lowest BCUT2D eigenvalue weighted by Crippen LogP contribution is -2.22. The van der Waals surface area contributed by atoms with Gasteiger partial charge in [-0.2, -0.15) is 18.4 Å². The summed E-state index contributed by atoms with van der Waals surface area (Å²) < 4.78 is 54.2. The Kier molecular flexibility index (Phi) is 4.94. The predicted molar refractivity (Wildman–Crippen MR) is 85.9 cm³/mol. The van der Waals surface area contributed by atoms with Crippen LogP contribution in [0.3, 0.4) is 0 Å². The highest BCUT2D eigenvalue weighted by molar-refractivity contribution is 6.03. The van der Waals surface area contributed by atoms with Crippen molar-refractivity contribution in [3.05, 3.63) is 53.2 Å². The van der Waals surface area contributed by atoms with Crippen LogP contribution in [0.4, 0.5) is 23.4 Å². The fraction of sp³-hybridized carbons (Fsp3) is 0.294. The van der Waals surface area contributed by atoms with Crippen molar-refractivity contribution in [1.29, 1.82) is 5.26 Å². The Hall–Kier alpha value is -3.22. The molecule has 10 heteroatoms. The molecule has 0 saturated carbocycles. The largest absolute Gasteiger partial charge is 0.451 e. The smallest absolute Gasteiger partial charge is 0.310 e. The van der Waals surface area contributed by atoms with Gasteiger partial charge in [-0.1, -0.05) is 18.2 Å². The van der Waals surface area contributed by atoms with Gasteiger partial charge in [0.05, 0.1) is 5.69 Å². The maximum Gasteiger partial charge on any atom is 0.451 e. The molecule has 0 radical (unpaired) electrons. The van der Waals surface area contributed by atoms with E-state index in [0.717, 1.165) is 0 Å². The quantitative estimate of drug-likeness (QED) is 0.654. The highest BCUT2D eigenvalue weighted by Crippen LogP contribution is 2.34. The van der Waals surface area contributed by atoms with Gasteiger partial charge in [-0.05, 0) is 18.6 Å². The molecule has 1 aromatic heterocycles. The van der Waals surface area contributed by atoms with Gasteiger partial charge >= 0.3 is 6.18 Å². The number of hydrogen-bond donors (Lipinski definition) is 1. The van der Waals surface area contributed by atoms with Crippen molar-refractivity contribution in [1.82, 2.24) is 14.9 Å². The first-order valence-corrected chi connectivity index (χ1v) is 7.95. The first kappa shape index (κ1) is 18.6. The van der Waals surface area contributed by atoms with Gasteiger partial charge in [0.1, 0.15) is 0 Å². The van der Waals surface area contributed by atoms with Crippen molar-refractivity contribution in [3.8, 4) is 6.19 Å². The molecule has 27 heavy (non-hydrogen) atoms. The number of halogens is 4. The van der Waals surface area contributed by atoms with E-state index in [2.05, 4.69) is 15.3 Å². The molecule has 1 saturated heterocycles. The summed E-state index contributed by atoms with van der Waals surface area (Å²) >= 11 is 0. The molecular formula is C17H13F4N5O. The molecule has 1 fully saturated rings. The molecule has 1 amide bonds. The van der Waals surface area contributed by atoms with E-state index in [9.17, 15) is 22.4 Å². The number of nitrogens with zero attached hydrogens (tertiary/aromatic N) is 4. The highest BCUT2D eigenvalue weighted by Gasteiger charge is 2.38. The average Bonchev–Trinajstić information content (AvgIpc) is 3.12. The molecule has 0 unspecified atom stereocenters. The third-order valence-corrected chi connectivity index (χ3v) is 4.11. The van der Waals surface area contributed by atoms with Crippen LogP contribution in [-0.4, -0.2) is 33.9 Å². The summed E-state index contributed by atoms with van der Waals surface area (Å²) in [4.78, 5) is 20.0. The second kappa shape index (κ2) is 7.19. The highest BCUT2D eigenvalue weighted by atomic mass is 19.4. The monoisotopic (exact) mass is 379 g/mol. The molecule has 0 spiro atoms. The van der Waals surface area contributed by atoms with Gasteiger partial charge in [-0.15, -0.1) is 0 Å². The second-order valence-corrected chi connectivity index (χ2v) is 5.94. The third kappa shape index (κ3) is 3.97. The summed E-state index contributed by atoms with van der Waals surface area (Å²) in [6.07, 6.45) is -2.77. The summed E-state index contributed by atoms with van der Waals surface area (Å²) in [5.41, 5.74) is -0.319. The van der Waals surface area contributed by atoms with Crippen molar-refractivity contribution >= 4 is 11.7 Å².